The molecule has 1 aromatic rings. The minimum Gasteiger partial charge on any atom is -0.327 e. The number of hydrogen-bond acceptors (Lipinski definition) is 2. The zero-order valence-corrected chi connectivity index (χ0v) is 11.0. The third-order valence-electron chi connectivity index (χ3n) is 3.86. The highest BCUT2D eigenvalue weighted by Gasteiger charge is 2.38. The van der Waals surface area contributed by atoms with Crippen molar-refractivity contribution in [2.24, 2.45) is 11.7 Å². The summed E-state index contributed by atoms with van der Waals surface area (Å²) in [5.74, 6) is 1.21. The highest BCUT2D eigenvalue weighted by molar-refractivity contribution is 5.26. The Labute approximate surface area is 98.0 Å². The van der Waals surface area contributed by atoms with Crippen molar-refractivity contribution in [1.29, 1.82) is 0 Å². The van der Waals surface area contributed by atoms with Gasteiger partial charge in [0.15, 0.2) is 0 Å². The van der Waals surface area contributed by atoms with E-state index in [0.29, 0.717) is 17.9 Å². The van der Waals surface area contributed by atoms with Crippen LogP contribution >= 0.6 is 0 Å². The van der Waals surface area contributed by atoms with Gasteiger partial charge in [-0.15, -0.1) is 0 Å². The Morgan fingerprint density at radius 2 is 2.06 bits per heavy atom. The lowest BCUT2D eigenvalue weighted by molar-refractivity contribution is 0.225. The van der Waals surface area contributed by atoms with E-state index in [1.807, 2.05) is 0 Å². The first-order chi connectivity index (χ1) is 7.30. The van der Waals surface area contributed by atoms with Crippen LogP contribution in [-0.4, -0.2) is 15.8 Å². The molecule has 1 fully saturated rings. The minimum atomic E-state index is 0.0676. The number of rotatable bonds is 1. The molecule has 0 radical (unpaired) electrons. The fraction of sp³-hybridized carbons (Fsp3) is 0.769. The van der Waals surface area contributed by atoms with Gasteiger partial charge in [0.2, 0.25) is 0 Å². The molecule has 0 aliphatic heterocycles. The molecule has 0 spiro atoms. The quantitative estimate of drug-likeness (QED) is 0.791. The Hall–Kier alpha value is -0.830. The van der Waals surface area contributed by atoms with E-state index in [1.165, 1.54) is 11.3 Å². The molecule has 3 heteroatoms. The van der Waals surface area contributed by atoms with E-state index >= 15 is 0 Å². The van der Waals surface area contributed by atoms with Crippen LogP contribution in [-0.2, 0) is 5.54 Å². The highest BCUT2D eigenvalue weighted by Crippen LogP contribution is 2.42. The lowest BCUT2D eigenvalue weighted by atomic mass is 9.67. The third-order valence-corrected chi connectivity index (χ3v) is 3.86. The monoisotopic (exact) mass is 221 g/mol. The highest BCUT2D eigenvalue weighted by atomic mass is 15.3. The molecule has 0 amide bonds. The lowest BCUT2D eigenvalue weighted by Crippen LogP contribution is -2.44. The summed E-state index contributed by atoms with van der Waals surface area (Å²) in [7, 11) is 0. The molecule has 1 aromatic heterocycles. The van der Waals surface area contributed by atoms with Gasteiger partial charge in [0, 0.05) is 12.2 Å². The number of hydrogen-bond donors (Lipinski definition) is 1. The summed E-state index contributed by atoms with van der Waals surface area (Å²) in [5.41, 5.74) is 8.59. The summed E-state index contributed by atoms with van der Waals surface area (Å²) in [6.07, 6.45) is 3.32. The fourth-order valence-corrected chi connectivity index (χ4v) is 2.42. The van der Waals surface area contributed by atoms with E-state index in [2.05, 4.69) is 50.6 Å². The van der Waals surface area contributed by atoms with Crippen LogP contribution in [0.25, 0.3) is 0 Å². The Morgan fingerprint density at radius 3 is 2.44 bits per heavy atom. The molecule has 90 valence electrons. The van der Waals surface area contributed by atoms with Crippen molar-refractivity contribution in [2.75, 3.05) is 0 Å². The molecule has 0 aromatic carbocycles. The number of aromatic nitrogens is 2. The molecular formula is C13H23N3. The van der Waals surface area contributed by atoms with E-state index in [1.54, 1.807) is 0 Å². The number of aryl methyl sites for hydroxylation is 1. The Kier molecular flexibility index (Phi) is 2.61. The molecule has 1 aliphatic rings. The van der Waals surface area contributed by atoms with Crippen molar-refractivity contribution < 1.29 is 0 Å². The van der Waals surface area contributed by atoms with Gasteiger partial charge in [-0.1, -0.05) is 6.92 Å². The van der Waals surface area contributed by atoms with Crippen LogP contribution in [0.2, 0.25) is 0 Å². The van der Waals surface area contributed by atoms with Crippen LogP contribution in [0, 0.1) is 12.8 Å². The first-order valence-corrected chi connectivity index (χ1v) is 6.13. The minimum absolute atomic E-state index is 0.0676. The van der Waals surface area contributed by atoms with Gasteiger partial charge in [0.05, 0.1) is 11.2 Å². The van der Waals surface area contributed by atoms with Crippen LogP contribution < -0.4 is 5.73 Å². The smallest absolute Gasteiger partial charge is 0.0628 e. The van der Waals surface area contributed by atoms with Gasteiger partial charge in [-0.25, -0.2) is 0 Å². The second kappa shape index (κ2) is 3.59. The molecule has 3 unspecified atom stereocenters. The molecule has 3 nitrogen and oxygen atoms in total. The van der Waals surface area contributed by atoms with Crippen LogP contribution in [0.1, 0.15) is 51.3 Å². The zero-order valence-electron chi connectivity index (χ0n) is 11.0. The maximum absolute atomic E-state index is 5.97. The number of nitrogens with zero attached hydrogens (tertiary/aromatic N) is 2. The molecular weight excluding hydrogens is 198 g/mol. The summed E-state index contributed by atoms with van der Waals surface area (Å²) >= 11 is 0. The second-order valence-corrected chi connectivity index (χ2v) is 6.15. The third kappa shape index (κ3) is 1.77. The molecule has 2 rings (SSSR count). The number of nitrogens with two attached hydrogens (primary N) is 1. The van der Waals surface area contributed by atoms with Crippen molar-refractivity contribution in [1.82, 2.24) is 9.78 Å². The predicted molar refractivity (Wildman–Crippen MR) is 66.5 cm³/mol. The summed E-state index contributed by atoms with van der Waals surface area (Å²) < 4.78 is 2.08. The van der Waals surface area contributed by atoms with Gasteiger partial charge in [-0.05, 0) is 51.5 Å². The average molecular weight is 221 g/mol. The largest absolute Gasteiger partial charge is 0.327 e. The topological polar surface area (TPSA) is 43.8 Å². The normalized spacial score (nSPS) is 30.2. The van der Waals surface area contributed by atoms with Crippen LogP contribution in [0.3, 0.4) is 0 Å². The van der Waals surface area contributed by atoms with Crippen molar-refractivity contribution in [3.05, 3.63) is 17.5 Å². The summed E-state index contributed by atoms with van der Waals surface area (Å²) in [5, 5.41) is 4.62. The second-order valence-electron chi connectivity index (χ2n) is 6.15. The van der Waals surface area contributed by atoms with Crippen molar-refractivity contribution >= 4 is 0 Å². The van der Waals surface area contributed by atoms with Crippen molar-refractivity contribution in [3.63, 3.8) is 0 Å². The maximum Gasteiger partial charge on any atom is 0.0628 e. The molecule has 16 heavy (non-hydrogen) atoms. The molecule has 1 saturated carbocycles. The van der Waals surface area contributed by atoms with E-state index < -0.39 is 0 Å². The maximum atomic E-state index is 5.97. The first-order valence-electron chi connectivity index (χ1n) is 6.13. The summed E-state index contributed by atoms with van der Waals surface area (Å²) in [4.78, 5) is 0. The SMILES string of the molecule is Cc1nn(C(C)(C)C)cc1C1CC(N)C1C. The van der Waals surface area contributed by atoms with Gasteiger partial charge in [0.25, 0.3) is 0 Å². The predicted octanol–water partition coefficient (Wildman–Crippen LogP) is 2.40. The van der Waals surface area contributed by atoms with E-state index in [-0.39, 0.29) is 5.54 Å². The van der Waals surface area contributed by atoms with Gasteiger partial charge >= 0.3 is 0 Å². The van der Waals surface area contributed by atoms with E-state index in [9.17, 15) is 0 Å². The Balaban J connectivity index is 2.27. The standard InChI is InChI=1S/C13H23N3/c1-8-10(6-12(8)14)11-7-16(13(3,4)5)15-9(11)2/h7-8,10,12H,6,14H2,1-5H3. The summed E-state index contributed by atoms with van der Waals surface area (Å²) in [6.45, 7) is 10.9. The van der Waals surface area contributed by atoms with E-state index in [4.69, 9.17) is 5.73 Å². The molecule has 2 N–H and O–H groups in total. The molecule has 0 bridgehead atoms. The zero-order chi connectivity index (χ0) is 12.1. The van der Waals surface area contributed by atoms with Crippen LogP contribution in [0.15, 0.2) is 6.20 Å². The van der Waals surface area contributed by atoms with Crippen LogP contribution in [0.5, 0.6) is 0 Å². The molecule has 0 saturated heterocycles. The van der Waals surface area contributed by atoms with Gasteiger partial charge in [-0.2, -0.15) is 5.10 Å². The average Bonchev–Trinajstić information content (AvgIpc) is 2.55. The van der Waals surface area contributed by atoms with E-state index in [0.717, 1.165) is 6.42 Å². The molecule has 3 atom stereocenters. The molecule has 1 aliphatic carbocycles. The Bertz CT molecular complexity index is 386. The van der Waals surface area contributed by atoms with Crippen molar-refractivity contribution in [3.8, 4) is 0 Å². The van der Waals surface area contributed by atoms with Crippen molar-refractivity contribution in [2.45, 2.75) is 58.5 Å². The Morgan fingerprint density at radius 1 is 1.44 bits per heavy atom. The fourth-order valence-electron chi connectivity index (χ4n) is 2.42. The summed E-state index contributed by atoms with van der Waals surface area (Å²) in [6, 6.07) is 0.377. The first kappa shape index (κ1) is 11.6. The molecule has 1 heterocycles. The van der Waals surface area contributed by atoms with Gasteiger partial charge < -0.3 is 5.73 Å². The lowest BCUT2D eigenvalue weighted by Gasteiger charge is -2.40. The van der Waals surface area contributed by atoms with Gasteiger partial charge in [-0.3, -0.25) is 4.68 Å². The van der Waals surface area contributed by atoms with Gasteiger partial charge in [0.1, 0.15) is 0 Å². The van der Waals surface area contributed by atoms with Crippen LogP contribution in [0.4, 0.5) is 0 Å².